The number of pyridine rings is 1. The molecule has 1 aromatic heterocycles. The quantitative estimate of drug-likeness (QED) is 0.349. The van der Waals surface area contributed by atoms with Crippen molar-refractivity contribution in [2.45, 2.75) is 26.3 Å². The SMILES string of the molecule is Cc1c(F)cc2c3c(c(=O)n(I)c2c1F)OCC1=C3CC(C)N(I)C1. The highest BCUT2D eigenvalue weighted by Gasteiger charge is 2.33. The molecule has 0 spiro atoms. The van der Waals surface area contributed by atoms with Crippen LogP contribution >= 0.6 is 45.7 Å². The van der Waals surface area contributed by atoms with E-state index in [0.29, 0.717) is 30.5 Å². The number of aromatic nitrogens is 1. The number of halogens is 4. The molecule has 0 bridgehead atoms. The largest absolute Gasteiger partial charge is 0.483 e. The molecule has 0 saturated heterocycles. The molecule has 0 aliphatic carbocycles. The molecule has 0 amide bonds. The molecule has 1 aromatic carbocycles. The van der Waals surface area contributed by atoms with Gasteiger partial charge >= 0.3 is 5.56 Å². The summed E-state index contributed by atoms with van der Waals surface area (Å²) in [6, 6.07) is 1.59. The second-order valence-corrected chi connectivity index (χ2v) is 8.67. The van der Waals surface area contributed by atoms with Gasteiger partial charge in [0.2, 0.25) is 0 Å². The Labute approximate surface area is 170 Å². The van der Waals surface area contributed by atoms with Gasteiger partial charge in [0.25, 0.3) is 0 Å². The molecule has 1 atom stereocenters. The van der Waals surface area contributed by atoms with Crippen LogP contribution in [0, 0.1) is 18.6 Å². The fraction of sp³-hybridized carbons (Fsp3) is 0.353. The summed E-state index contributed by atoms with van der Waals surface area (Å²) in [7, 11) is 0. The van der Waals surface area contributed by atoms with Crippen LogP contribution in [0.25, 0.3) is 16.5 Å². The van der Waals surface area contributed by atoms with E-state index < -0.39 is 17.2 Å². The van der Waals surface area contributed by atoms with Gasteiger partial charge in [-0.25, -0.2) is 14.7 Å². The van der Waals surface area contributed by atoms with Crippen molar-refractivity contribution < 1.29 is 13.5 Å². The molecule has 0 saturated carbocycles. The summed E-state index contributed by atoms with van der Waals surface area (Å²) < 4.78 is 38.1. The topological polar surface area (TPSA) is 34.5 Å². The van der Waals surface area contributed by atoms with Gasteiger partial charge in [-0.1, -0.05) is 0 Å². The summed E-state index contributed by atoms with van der Waals surface area (Å²) >= 11 is 4.03. The summed E-state index contributed by atoms with van der Waals surface area (Å²) in [5.74, 6) is -1.12. The number of fused-ring (bicyclic) bond motifs is 4. The average Bonchev–Trinajstić information content (AvgIpc) is 2.57. The standard InChI is InChI=1S/C17H14F2I2N2O2/c1-7-3-10-9(5-22(7)20)6-25-16-13(10)11-4-12(18)8(2)14(19)15(11)23(21)17(16)24/h4,7H,3,5-6H2,1-2H3. The Morgan fingerprint density at radius 1 is 1.32 bits per heavy atom. The maximum atomic E-state index is 14.8. The lowest BCUT2D eigenvalue weighted by molar-refractivity contribution is 0.313. The van der Waals surface area contributed by atoms with Crippen molar-refractivity contribution in [1.82, 2.24) is 5.89 Å². The van der Waals surface area contributed by atoms with E-state index in [-0.39, 0.29) is 22.9 Å². The Morgan fingerprint density at radius 3 is 2.76 bits per heavy atom. The van der Waals surface area contributed by atoms with Gasteiger partial charge in [-0.15, -0.1) is 0 Å². The Hall–Kier alpha value is -0.750. The molecule has 0 radical (unpaired) electrons. The van der Waals surface area contributed by atoms with Gasteiger partial charge in [-0.2, -0.15) is 0 Å². The fourth-order valence-electron chi connectivity index (χ4n) is 3.48. The predicted octanol–water partition coefficient (Wildman–Crippen LogP) is 4.38. The average molecular weight is 570 g/mol. The van der Waals surface area contributed by atoms with Crippen LogP contribution in [0.4, 0.5) is 8.78 Å². The molecule has 2 aromatic rings. The second kappa shape index (κ2) is 6.15. The van der Waals surface area contributed by atoms with Crippen LogP contribution in [0.3, 0.4) is 0 Å². The van der Waals surface area contributed by atoms with Gasteiger partial charge < -0.3 is 4.74 Å². The minimum absolute atomic E-state index is 0.0846. The summed E-state index contributed by atoms with van der Waals surface area (Å²) in [6.07, 6.45) is 0.714. The maximum absolute atomic E-state index is 14.8. The molecule has 2 aliphatic rings. The van der Waals surface area contributed by atoms with Gasteiger partial charge in [0.1, 0.15) is 12.4 Å². The van der Waals surface area contributed by atoms with Crippen LogP contribution in [-0.4, -0.2) is 25.1 Å². The molecular weight excluding hydrogens is 556 g/mol. The highest BCUT2D eigenvalue weighted by Crippen LogP contribution is 2.43. The van der Waals surface area contributed by atoms with E-state index in [1.807, 2.05) is 0 Å². The van der Waals surface area contributed by atoms with Crippen molar-refractivity contribution in [3.05, 3.63) is 44.8 Å². The lowest BCUT2D eigenvalue weighted by Gasteiger charge is -2.35. The van der Waals surface area contributed by atoms with Crippen molar-refractivity contribution in [3.63, 3.8) is 0 Å². The molecule has 8 heteroatoms. The Balaban J connectivity index is 2.15. The van der Waals surface area contributed by atoms with Crippen LogP contribution < -0.4 is 10.3 Å². The van der Waals surface area contributed by atoms with E-state index in [2.05, 4.69) is 32.9 Å². The molecule has 25 heavy (non-hydrogen) atoms. The van der Waals surface area contributed by atoms with Gasteiger partial charge in [0.15, 0.2) is 11.6 Å². The van der Waals surface area contributed by atoms with E-state index in [0.717, 1.165) is 11.1 Å². The van der Waals surface area contributed by atoms with Crippen LogP contribution in [0.1, 0.15) is 24.5 Å². The van der Waals surface area contributed by atoms with E-state index in [1.54, 1.807) is 22.9 Å². The number of hydrogen-bond acceptors (Lipinski definition) is 3. The Bertz CT molecular complexity index is 1020. The zero-order chi connectivity index (χ0) is 18.0. The predicted molar refractivity (Wildman–Crippen MR) is 109 cm³/mol. The maximum Gasteiger partial charge on any atom is 0.303 e. The Kier molecular flexibility index (Phi) is 4.35. The van der Waals surface area contributed by atoms with Crippen molar-refractivity contribution in [1.29, 1.82) is 0 Å². The number of benzene rings is 1. The lowest BCUT2D eigenvalue weighted by Crippen LogP contribution is -2.35. The third-order valence-electron chi connectivity index (χ3n) is 4.93. The normalized spacial score (nSPS) is 20.5. The first-order valence-corrected chi connectivity index (χ1v) is 9.74. The molecule has 1 unspecified atom stereocenters. The van der Waals surface area contributed by atoms with E-state index in [4.69, 9.17) is 4.74 Å². The zero-order valence-corrected chi connectivity index (χ0v) is 17.8. The third-order valence-corrected chi connectivity index (χ3v) is 7.14. The molecule has 132 valence electrons. The summed E-state index contributed by atoms with van der Waals surface area (Å²) in [6.45, 7) is 4.52. The highest BCUT2D eigenvalue weighted by atomic mass is 127. The lowest BCUT2D eigenvalue weighted by atomic mass is 9.87. The van der Waals surface area contributed by atoms with E-state index in [9.17, 15) is 13.6 Å². The molecule has 3 heterocycles. The molecule has 4 rings (SSSR count). The number of hydrogen-bond donors (Lipinski definition) is 0. The number of ether oxygens (including phenoxy) is 1. The smallest absolute Gasteiger partial charge is 0.303 e. The second-order valence-electron chi connectivity index (χ2n) is 6.47. The summed E-state index contributed by atoms with van der Waals surface area (Å²) in [5, 5.41) is 0.394. The zero-order valence-electron chi connectivity index (χ0n) is 13.5. The van der Waals surface area contributed by atoms with E-state index >= 15 is 0 Å². The number of rotatable bonds is 0. The van der Waals surface area contributed by atoms with Gasteiger partial charge in [0, 0.05) is 52.0 Å². The molecular formula is C17H14F2I2N2O2. The third kappa shape index (κ3) is 2.54. The minimum atomic E-state index is -0.698. The first kappa shape index (κ1) is 17.7. The van der Waals surface area contributed by atoms with Crippen molar-refractivity contribution in [3.8, 4) is 5.75 Å². The first-order chi connectivity index (χ1) is 11.8. The van der Waals surface area contributed by atoms with Crippen LogP contribution in [-0.2, 0) is 0 Å². The van der Waals surface area contributed by atoms with Gasteiger partial charge in [-0.3, -0.25) is 4.79 Å². The monoisotopic (exact) mass is 570 g/mol. The van der Waals surface area contributed by atoms with Crippen LogP contribution in [0.15, 0.2) is 16.4 Å². The molecule has 2 aliphatic heterocycles. The molecule has 4 nitrogen and oxygen atoms in total. The highest BCUT2D eigenvalue weighted by molar-refractivity contribution is 14.1. The van der Waals surface area contributed by atoms with Crippen molar-refractivity contribution in [2.24, 2.45) is 0 Å². The Morgan fingerprint density at radius 2 is 2.04 bits per heavy atom. The van der Waals surface area contributed by atoms with E-state index in [1.165, 1.54) is 15.8 Å². The number of nitrogens with zero attached hydrogens (tertiary/aromatic N) is 2. The molecule has 0 fully saturated rings. The fourth-order valence-corrected chi connectivity index (χ4v) is 4.78. The van der Waals surface area contributed by atoms with Crippen LogP contribution in [0.5, 0.6) is 5.75 Å². The van der Waals surface area contributed by atoms with Crippen molar-refractivity contribution in [2.75, 3.05) is 13.2 Å². The summed E-state index contributed by atoms with van der Waals surface area (Å²) in [5.41, 5.74) is 2.24. The molecule has 0 N–H and O–H groups in total. The van der Waals surface area contributed by atoms with Gasteiger partial charge in [0.05, 0.1) is 28.4 Å². The summed E-state index contributed by atoms with van der Waals surface area (Å²) in [4.78, 5) is 12.7. The van der Waals surface area contributed by atoms with Gasteiger partial charge in [-0.05, 0) is 37.5 Å². The van der Waals surface area contributed by atoms with Crippen molar-refractivity contribution >= 4 is 62.2 Å². The first-order valence-electron chi connectivity index (χ1n) is 7.81. The van der Waals surface area contributed by atoms with Crippen LogP contribution in [0.2, 0.25) is 0 Å². The minimum Gasteiger partial charge on any atom is -0.483 e.